The van der Waals surface area contributed by atoms with Crippen molar-refractivity contribution in [2.24, 2.45) is 5.73 Å². The Labute approximate surface area is 127 Å². The van der Waals surface area contributed by atoms with Gasteiger partial charge in [-0.25, -0.2) is 0 Å². The molecular formula is C13H13Cl2N3S. The summed E-state index contributed by atoms with van der Waals surface area (Å²) in [5.74, 6) is 0. The molecule has 0 atom stereocenters. The minimum atomic E-state index is 0.336. The third-order valence-electron chi connectivity index (χ3n) is 2.95. The van der Waals surface area contributed by atoms with Gasteiger partial charge in [0.1, 0.15) is 4.99 Å². The predicted octanol–water partition coefficient (Wildman–Crippen LogP) is 3.49. The molecule has 0 saturated carbocycles. The van der Waals surface area contributed by atoms with E-state index in [0.717, 1.165) is 22.5 Å². The van der Waals surface area contributed by atoms with Crippen molar-refractivity contribution in [2.75, 3.05) is 0 Å². The van der Waals surface area contributed by atoms with E-state index in [9.17, 15) is 0 Å². The highest BCUT2D eigenvalue weighted by Crippen LogP contribution is 2.23. The van der Waals surface area contributed by atoms with Crippen molar-refractivity contribution in [1.82, 2.24) is 9.78 Å². The van der Waals surface area contributed by atoms with E-state index in [1.54, 1.807) is 6.07 Å². The highest BCUT2D eigenvalue weighted by molar-refractivity contribution is 7.80. The number of thiocarbonyl (C=S) groups is 1. The molecule has 2 N–H and O–H groups in total. The SMILES string of the molecule is Cc1nn(Cc2ccc(C(N)=S)cc2Cl)c(C)c1Cl. The number of nitrogens with two attached hydrogens (primary N) is 1. The molecule has 19 heavy (non-hydrogen) atoms. The fraction of sp³-hybridized carbons (Fsp3) is 0.231. The summed E-state index contributed by atoms with van der Waals surface area (Å²) in [5, 5.41) is 5.69. The van der Waals surface area contributed by atoms with Gasteiger partial charge in [0.2, 0.25) is 0 Å². The summed E-state index contributed by atoms with van der Waals surface area (Å²) in [6.07, 6.45) is 0. The van der Waals surface area contributed by atoms with Gasteiger partial charge < -0.3 is 5.73 Å². The van der Waals surface area contributed by atoms with Crippen LogP contribution in [0, 0.1) is 13.8 Å². The van der Waals surface area contributed by atoms with E-state index < -0.39 is 0 Å². The Morgan fingerprint density at radius 3 is 2.53 bits per heavy atom. The minimum Gasteiger partial charge on any atom is -0.389 e. The second-order valence-electron chi connectivity index (χ2n) is 4.31. The number of halogens is 2. The van der Waals surface area contributed by atoms with Gasteiger partial charge in [0, 0.05) is 10.6 Å². The normalized spacial score (nSPS) is 10.7. The third kappa shape index (κ3) is 2.91. The number of hydrogen-bond donors (Lipinski definition) is 1. The quantitative estimate of drug-likeness (QED) is 0.882. The Morgan fingerprint density at radius 2 is 2.05 bits per heavy atom. The first kappa shape index (κ1) is 14.3. The molecule has 1 heterocycles. The van der Waals surface area contributed by atoms with Crippen LogP contribution in [0.4, 0.5) is 0 Å². The van der Waals surface area contributed by atoms with Gasteiger partial charge in [0.05, 0.1) is 23.0 Å². The molecule has 0 unspecified atom stereocenters. The molecule has 0 aliphatic rings. The van der Waals surface area contributed by atoms with Crippen LogP contribution in [-0.4, -0.2) is 14.8 Å². The Balaban J connectivity index is 2.33. The first-order chi connectivity index (χ1) is 8.90. The van der Waals surface area contributed by atoms with Gasteiger partial charge in [-0.05, 0) is 25.5 Å². The zero-order chi connectivity index (χ0) is 14.2. The molecule has 0 aliphatic carbocycles. The van der Waals surface area contributed by atoms with Crippen molar-refractivity contribution in [2.45, 2.75) is 20.4 Å². The molecule has 0 bridgehead atoms. The number of benzene rings is 1. The van der Waals surface area contributed by atoms with Crippen LogP contribution in [0.15, 0.2) is 18.2 Å². The molecule has 0 saturated heterocycles. The first-order valence-electron chi connectivity index (χ1n) is 5.68. The van der Waals surface area contributed by atoms with Gasteiger partial charge in [-0.15, -0.1) is 0 Å². The summed E-state index contributed by atoms with van der Waals surface area (Å²) in [6.45, 7) is 4.37. The van der Waals surface area contributed by atoms with Crippen LogP contribution >= 0.6 is 35.4 Å². The van der Waals surface area contributed by atoms with Crippen molar-refractivity contribution < 1.29 is 0 Å². The van der Waals surface area contributed by atoms with Crippen LogP contribution in [0.2, 0.25) is 10.0 Å². The molecule has 1 aromatic heterocycles. The van der Waals surface area contributed by atoms with Crippen molar-refractivity contribution in [3.05, 3.63) is 50.8 Å². The first-order valence-corrected chi connectivity index (χ1v) is 6.84. The van der Waals surface area contributed by atoms with Crippen molar-refractivity contribution >= 4 is 40.4 Å². The topological polar surface area (TPSA) is 43.8 Å². The molecule has 1 aromatic carbocycles. The standard InChI is InChI=1S/C13H13Cl2N3S/c1-7-12(15)8(2)18(17-7)6-10-4-3-9(13(16)19)5-11(10)14/h3-5H,6H2,1-2H3,(H2,16,19). The van der Waals surface area contributed by atoms with Gasteiger partial charge in [0.25, 0.3) is 0 Å². The van der Waals surface area contributed by atoms with Crippen LogP contribution in [0.25, 0.3) is 0 Å². The number of aryl methyl sites for hydroxylation is 1. The van der Waals surface area contributed by atoms with E-state index in [-0.39, 0.29) is 0 Å². The molecule has 2 aromatic rings. The van der Waals surface area contributed by atoms with Crippen molar-refractivity contribution in [3.8, 4) is 0 Å². The maximum atomic E-state index is 6.23. The second kappa shape index (κ2) is 5.49. The average Bonchev–Trinajstić information content (AvgIpc) is 2.59. The maximum absolute atomic E-state index is 6.23. The molecule has 0 amide bonds. The summed E-state index contributed by atoms with van der Waals surface area (Å²) in [6, 6.07) is 5.53. The largest absolute Gasteiger partial charge is 0.389 e. The fourth-order valence-corrected chi connectivity index (χ4v) is 2.32. The van der Waals surface area contributed by atoms with E-state index in [2.05, 4.69) is 5.10 Å². The lowest BCUT2D eigenvalue weighted by Crippen LogP contribution is -2.10. The van der Waals surface area contributed by atoms with Crippen LogP contribution in [0.5, 0.6) is 0 Å². The lowest BCUT2D eigenvalue weighted by Gasteiger charge is -2.08. The smallest absolute Gasteiger partial charge is 0.104 e. The minimum absolute atomic E-state index is 0.336. The molecule has 0 fully saturated rings. The van der Waals surface area contributed by atoms with Gasteiger partial charge >= 0.3 is 0 Å². The second-order valence-corrected chi connectivity index (χ2v) is 5.54. The van der Waals surface area contributed by atoms with Crippen LogP contribution in [0.3, 0.4) is 0 Å². The predicted molar refractivity (Wildman–Crippen MR) is 83.2 cm³/mol. The van der Waals surface area contributed by atoms with E-state index >= 15 is 0 Å². The van der Waals surface area contributed by atoms with E-state index in [4.69, 9.17) is 41.2 Å². The Hall–Kier alpha value is -1.10. The van der Waals surface area contributed by atoms with E-state index in [0.29, 0.717) is 21.6 Å². The highest BCUT2D eigenvalue weighted by Gasteiger charge is 2.11. The number of aromatic nitrogens is 2. The van der Waals surface area contributed by atoms with Gasteiger partial charge in [-0.2, -0.15) is 5.10 Å². The molecular weight excluding hydrogens is 301 g/mol. The third-order valence-corrected chi connectivity index (χ3v) is 4.09. The number of hydrogen-bond acceptors (Lipinski definition) is 2. The lowest BCUT2D eigenvalue weighted by atomic mass is 10.1. The molecule has 0 radical (unpaired) electrons. The summed E-state index contributed by atoms with van der Waals surface area (Å²) in [7, 11) is 0. The lowest BCUT2D eigenvalue weighted by molar-refractivity contribution is 0.659. The van der Waals surface area contributed by atoms with Gasteiger partial charge in [0.15, 0.2) is 0 Å². The highest BCUT2D eigenvalue weighted by atomic mass is 35.5. The molecule has 100 valence electrons. The summed E-state index contributed by atoms with van der Waals surface area (Å²) < 4.78 is 1.83. The van der Waals surface area contributed by atoms with Gasteiger partial charge in [-0.3, -0.25) is 4.68 Å². The van der Waals surface area contributed by atoms with Gasteiger partial charge in [-0.1, -0.05) is 47.6 Å². The zero-order valence-corrected chi connectivity index (χ0v) is 12.9. The number of rotatable bonds is 3. The Bertz CT molecular complexity index is 650. The molecule has 3 nitrogen and oxygen atoms in total. The van der Waals surface area contributed by atoms with Crippen molar-refractivity contribution in [1.29, 1.82) is 0 Å². The molecule has 0 aliphatic heterocycles. The summed E-state index contributed by atoms with van der Waals surface area (Å²) in [4.78, 5) is 0.336. The maximum Gasteiger partial charge on any atom is 0.104 e. The fourth-order valence-electron chi connectivity index (χ4n) is 1.82. The molecule has 2 rings (SSSR count). The number of nitrogens with zero attached hydrogens (tertiary/aromatic N) is 2. The monoisotopic (exact) mass is 313 g/mol. The van der Waals surface area contributed by atoms with E-state index in [1.807, 2.05) is 30.7 Å². The Kier molecular flexibility index (Phi) is 4.13. The Morgan fingerprint density at radius 1 is 1.37 bits per heavy atom. The van der Waals surface area contributed by atoms with Crippen LogP contribution in [-0.2, 0) is 6.54 Å². The summed E-state index contributed by atoms with van der Waals surface area (Å²) >= 11 is 17.3. The zero-order valence-electron chi connectivity index (χ0n) is 10.6. The van der Waals surface area contributed by atoms with Crippen LogP contribution in [0.1, 0.15) is 22.5 Å². The van der Waals surface area contributed by atoms with E-state index in [1.165, 1.54) is 0 Å². The molecule has 6 heteroatoms. The van der Waals surface area contributed by atoms with Crippen LogP contribution < -0.4 is 5.73 Å². The molecule has 0 spiro atoms. The average molecular weight is 314 g/mol. The van der Waals surface area contributed by atoms with Crippen molar-refractivity contribution in [3.63, 3.8) is 0 Å². The summed E-state index contributed by atoms with van der Waals surface area (Å²) in [5.41, 5.74) is 9.02.